The fraction of sp³-hybridized carbons (Fsp3) is 1.00. The van der Waals surface area contributed by atoms with E-state index in [1.165, 1.54) is 58.4 Å². The van der Waals surface area contributed by atoms with Gasteiger partial charge in [0.1, 0.15) is 0 Å². The summed E-state index contributed by atoms with van der Waals surface area (Å²) in [5.74, 6) is 2.04. The molecule has 0 aromatic rings. The van der Waals surface area contributed by atoms with Gasteiger partial charge >= 0.3 is 0 Å². The van der Waals surface area contributed by atoms with Crippen molar-refractivity contribution in [2.75, 3.05) is 39.8 Å². The Labute approximate surface area is 94.6 Å². The molecule has 0 radical (unpaired) electrons. The molecule has 0 spiro atoms. The summed E-state index contributed by atoms with van der Waals surface area (Å²) in [5.41, 5.74) is 0. The van der Waals surface area contributed by atoms with Crippen LogP contribution in [0.3, 0.4) is 0 Å². The lowest BCUT2D eigenvalue weighted by Crippen LogP contribution is -2.37. The Morgan fingerprint density at radius 3 is 2.20 bits per heavy atom. The number of rotatable bonds is 3. The van der Waals surface area contributed by atoms with Crippen LogP contribution in [-0.2, 0) is 0 Å². The lowest BCUT2D eigenvalue weighted by atomic mass is 9.84. The van der Waals surface area contributed by atoms with Crippen molar-refractivity contribution in [2.24, 2.45) is 11.8 Å². The molecule has 1 unspecified atom stereocenters. The first-order chi connectivity index (χ1) is 7.29. The SMILES string of the molecule is CCCN1CCC(C2CCN(C)C2)CC1. The molecule has 2 saturated heterocycles. The molecule has 2 rings (SSSR count). The molecule has 0 aromatic carbocycles. The number of likely N-dealkylation sites (tertiary alicyclic amines) is 2. The van der Waals surface area contributed by atoms with Crippen molar-refractivity contribution < 1.29 is 0 Å². The molecule has 0 bridgehead atoms. The second-order valence-corrected chi connectivity index (χ2v) is 5.49. The minimum Gasteiger partial charge on any atom is -0.306 e. The highest BCUT2D eigenvalue weighted by molar-refractivity contribution is 4.83. The van der Waals surface area contributed by atoms with Gasteiger partial charge in [0.15, 0.2) is 0 Å². The van der Waals surface area contributed by atoms with E-state index in [1.807, 2.05) is 0 Å². The maximum absolute atomic E-state index is 2.65. The predicted molar refractivity (Wildman–Crippen MR) is 65.1 cm³/mol. The van der Waals surface area contributed by atoms with Crippen LogP contribution in [0.4, 0.5) is 0 Å². The normalized spacial score (nSPS) is 31.2. The van der Waals surface area contributed by atoms with E-state index in [4.69, 9.17) is 0 Å². The third-order valence-electron chi connectivity index (χ3n) is 4.27. The Bertz CT molecular complexity index is 185. The molecule has 0 N–H and O–H groups in total. The van der Waals surface area contributed by atoms with Crippen LogP contribution in [0.5, 0.6) is 0 Å². The number of nitrogens with zero attached hydrogens (tertiary/aromatic N) is 2. The Balaban J connectivity index is 1.73. The van der Waals surface area contributed by atoms with Gasteiger partial charge in [-0.05, 0) is 70.7 Å². The van der Waals surface area contributed by atoms with Crippen LogP contribution in [0.2, 0.25) is 0 Å². The molecule has 1 atom stereocenters. The zero-order valence-electron chi connectivity index (χ0n) is 10.4. The Hall–Kier alpha value is -0.0800. The van der Waals surface area contributed by atoms with Gasteiger partial charge in [-0.1, -0.05) is 6.92 Å². The minimum atomic E-state index is 1.01. The average molecular weight is 210 g/mol. The Morgan fingerprint density at radius 2 is 1.67 bits per heavy atom. The zero-order valence-corrected chi connectivity index (χ0v) is 10.4. The van der Waals surface area contributed by atoms with Gasteiger partial charge in [0.25, 0.3) is 0 Å². The highest BCUT2D eigenvalue weighted by atomic mass is 15.1. The quantitative estimate of drug-likeness (QED) is 0.703. The first-order valence-corrected chi connectivity index (χ1v) is 6.70. The highest BCUT2D eigenvalue weighted by Gasteiger charge is 2.30. The lowest BCUT2D eigenvalue weighted by Gasteiger charge is -2.34. The second-order valence-electron chi connectivity index (χ2n) is 5.49. The van der Waals surface area contributed by atoms with Crippen LogP contribution in [-0.4, -0.2) is 49.6 Å². The molecule has 0 amide bonds. The van der Waals surface area contributed by atoms with E-state index >= 15 is 0 Å². The fourth-order valence-corrected chi connectivity index (χ4v) is 3.32. The van der Waals surface area contributed by atoms with Crippen molar-refractivity contribution in [3.8, 4) is 0 Å². The molecule has 2 heteroatoms. The van der Waals surface area contributed by atoms with Gasteiger partial charge in [-0.3, -0.25) is 0 Å². The summed E-state index contributed by atoms with van der Waals surface area (Å²) in [6.07, 6.45) is 5.68. The molecule has 0 aliphatic carbocycles. The molecule has 2 fully saturated rings. The lowest BCUT2D eigenvalue weighted by molar-refractivity contribution is 0.149. The highest BCUT2D eigenvalue weighted by Crippen LogP contribution is 2.31. The van der Waals surface area contributed by atoms with Crippen LogP contribution in [0.25, 0.3) is 0 Å². The summed E-state index contributed by atoms with van der Waals surface area (Å²) in [7, 11) is 2.27. The summed E-state index contributed by atoms with van der Waals surface area (Å²) >= 11 is 0. The van der Waals surface area contributed by atoms with Crippen LogP contribution in [0, 0.1) is 11.8 Å². The van der Waals surface area contributed by atoms with E-state index in [0.717, 1.165) is 11.8 Å². The standard InChI is InChI=1S/C13H26N2/c1-3-7-15-9-5-12(6-10-15)13-4-8-14(2)11-13/h12-13H,3-11H2,1-2H3. The Morgan fingerprint density at radius 1 is 1.00 bits per heavy atom. The maximum atomic E-state index is 2.65. The van der Waals surface area contributed by atoms with Gasteiger partial charge in [0.05, 0.1) is 0 Å². The number of piperidine rings is 1. The van der Waals surface area contributed by atoms with Crippen LogP contribution in [0.1, 0.15) is 32.6 Å². The monoisotopic (exact) mass is 210 g/mol. The van der Waals surface area contributed by atoms with Crippen molar-refractivity contribution in [1.29, 1.82) is 0 Å². The number of hydrogen-bond acceptors (Lipinski definition) is 2. The summed E-state index contributed by atoms with van der Waals surface area (Å²) in [6, 6.07) is 0. The van der Waals surface area contributed by atoms with Crippen LogP contribution >= 0.6 is 0 Å². The average Bonchev–Trinajstić information content (AvgIpc) is 2.67. The summed E-state index contributed by atoms with van der Waals surface area (Å²) in [4.78, 5) is 5.15. The molecule has 2 nitrogen and oxygen atoms in total. The van der Waals surface area contributed by atoms with Gasteiger partial charge in [-0.15, -0.1) is 0 Å². The van der Waals surface area contributed by atoms with Gasteiger partial charge in [0.2, 0.25) is 0 Å². The third-order valence-corrected chi connectivity index (χ3v) is 4.27. The zero-order chi connectivity index (χ0) is 10.7. The molecular formula is C13H26N2. The molecule has 15 heavy (non-hydrogen) atoms. The van der Waals surface area contributed by atoms with E-state index in [9.17, 15) is 0 Å². The van der Waals surface area contributed by atoms with E-state index in [0.29, 0.717) is 0 Å². The van der Waals surface area contributed by atoms with Gasteiger partial charge < -0.3 is 9.80 Å². The Kier molecular flexibility index (Phi) is 4.04. The van der Waals surface area contributed by atoms with Gasteiger partial charge in [-0.25, -0.2) is 0 Å². The largest absolute Gasteiger partial charge is 0.306 e. The first kappa shape index (κ1) is 11.4. The van der Waals surface area contributed by atoms with Crippen LogP contribution in [0.15, 0.2) is 0 Å². The van der Waals surface area contributed by atoms with Crippen molar-refractivity contribution in [3.63, 3.8) is 0 Å². The topological polar surface area (TPSA) is 6.48 Å². The molecule has 88 valence electrons. The van der Waals surface area contributed by atoms with Crippen molar-refractivity contribution in [2.45, 2.75) is 32.6 Å². The van der Waals surface area contributed by atoms with Crippen LogP contribution < -0.4 is 0 Å². The van der Waals surface area contributed by atoms with E-state index < -0.39 is 0 Å². The molecule has 0 saturated carbocycles. The minimum absolute atomic E-state index is 1.01. The maximum Gasteiger partial charge on any atom is 0.000975 e. The molecule has 0 aromatic heterocycles. The molecule has 2 aliphatic rings. The number of hydrogen-bond donors (Lipinski definition) is 0. The summed E-state index contributed by atoms with van der Waals surface area (Å²) in [6.45, 7) is 9.02. The van der Waals surface area contributed by atoms with E-state index in [2.05, 4.69) is 23.8 Å². The van der Waals surface area contributed by atoms with E-state index in [1.54, 1.807) is 0 Å². The molecule has 2 aliphatic heterocycles. The molecule has 2 heterocycles. The summed E-state index contributed by atoms with van der Waals surface area (Å²) in [5, 5.41) is 0. The first-order valence-electron chi connectivity index (χ1n) is 6.70. The van der Waals surface area contributed by atoms with Gasteiger partial charge in [-0.2, -0.15) is 0 Å². The molecular weight excluding hydrogens is 184 g/mol. The van der Waals surface area contributed by atoms with Gasteiger partial charge in [0, 0.05) is 6.54 Å². The van der Waals surface area contributed by atoms with E-state index in [-0.39, 0.29) is 0 Å². The second kappa shape index (κ2) is 5.31. The summed E-state index contributed by atoms with van der Waals surface area (Å²) < 4.78 is 0. The fourth-order valence-electron chi connectivity index (χ4n) is 3.32. The van der Waals surface area contributed by atoms with Crippen molar-refractivity contribution in [3.05, 3.63) is 0 Å². The third kappa shape index (κ3) is 2.94. The van der Waals surface area contributed by atoms with Crippen molar-refractivity contribution >= 4 is 0 Å². The van der Waals surface area contributed by atoms with Crippen molar-refractivity contribution in [1.82, 2.24) is 9.80 Å². The smallest absolute Gasteiger partial charge is 0.000975 e. The predicted octanol–water partition coefficient (Wildman–Crippen LogP) is 2.06.